The van der Waals surface area contributed by atoms with Crippen LogP contribution < -0.4 is 0 Å². The van der Waals surface area contributed by atoms with Gasteiger partial charge < -0.3 is 4.90 Å². The third-order valence-corrected chi connectivity index (χ3v) is 3.78. The van der Waals surface area contributed by atoms with E-state index in [2.05, 4.69) is 31.9 Å². The van der Waals surface area contributed by atoms with Crippen molar-refractivity contribution < 1.29 is 4.79 Å². The van der Waals surface area contributed by atoms with Crippen molar-refractivity contribution in [2.45, 2.75) is 13.8 Å². The zero-order valence-corrected chi connectivity index (χ0v) is 12.3. The van der Waals surface area contributed by atoms with E-state index in [4.69, 9.17) is 6.42 Å². The molecule has 1 saturated heterocycles. The number of amides is 1. The summed E-state index contributed by atoms with van der Waals surface area (Å²) in [5, 5.41) is 0. The zero-order valence-electron chi connectivity index (χ0n) is 10.1. The Hall–Kier alpha value is -0.280. The first kappa shape index (κ1) is 13.8. The van der Waals surface area contributed by atoms with Crippen LogP contribution in [0.2, 0.25) is 0 Å². The standard InChI is InChI=1S/C12H19IN2O/c1-5-10-7-15(13)8-11(10)6-14(4)12(16)9(2)3/h1,9-11H,6-8H2,2-4H3/t10-,11+/m1/s1. The minimum atomic E-state index is 0.0615. The number of carbonyl (C=O) groups excluding carboxylic acids is 1. The van der Waals surface area contributed by atoms with Crippen molar-refractivity contribution in [1.29, 1.82) is 0 Å². The summed E-state index contributed by atoms with van der Waals surface area (Å²) in [4.78, 5) is 13.6. The lowest BCUT2D eigenvalue weighted by Crippen LogP contribution is -2.36. The number of nitrogens with zero attached hydrogens (tertiary/aromatic N) is 2. The third-order valence-electron chi connectivity index (χ3n) is 2.99. The Morgan fingerprint density at radius 2 is 2.25 bits per heavy atom. The quantitative estimate of drug-likeness (QED) is 0.445. The molecule has 90 valence electrons. The van der Waals surface area contributed by atoms with Crippen molar-refractivity contribution in [2.24, 2.45) is 17.8 Å². The van der Waals surface area contributed by atoms with Gasteiger partial charge in [0.05, 0.1) is 0 Å². The van der Waals surface area contributed by atoms with Crippen molar-refractivity contribution in [2.75, 3.05) is 26.7 Å². The van der Waals surface area contributed by atoms with Crippen LogP contribution >= 0.6 is 22.9 Å². The normalized spacial score (nSPS) is 25.8. The van der Waals surface area contributed by atoms with Crippen LogP contribution in [0.4, 0.5) is 0 Å². The lowest BCUT2D eigenvalue weighted by atomic mass is 9.96. The van der Waals surface area contributed by atoms with Crippen LogP contribution in [-0.2, 0) is 4.79 Å². The Morgan fingerprint density at radius 1 is 1.62 bits per heavy atom. The molecule has 1 heterocycles. The molecule has 1 fully saturated rings. The van der Waals surface area contributed by atoms with Crippen LogP contribution in [0.25, 0.3) is 0 Å². The van der Waals surface area contributed by atoms with Crippen molar-refractivity contribution >= 4 is 28.8 Å². The summed E-state index contributed by atoms with van der Waals surface area (Å²) in [5.74, 6) is 3.78. The van der Waals surface area contributed by atoms with Gasteiger partial charge in [0.25, 0.3) is 0 Å². The maximum absolute atomic E-state index is 11.8. The summed E-state index contributed by atoms with van der Waals surface area (Å²) in [7, 11) is 1.87. The monoisotopic (exact) mass is 334 g/mol. The first-order valence-corrected chi connectivity index (χ1v) is 6.54. The molecule has 1 amide bonds. The van der Waals surface area contributed by atoms with Gasteiger partial charge in [0.1, 0.15) is 0 Å². The van der Waals surface area contributed by atoms with Gasteiger partial charge in [0, 0.05) is 67.3 Å². The number of hydrogen-bond acceptors (Lipinski definition) is 2. The summed E-state index contributed by atoms with van der Waals surface area (Å²) in [6.07, 6.45) is 5.51. The molecule has 0 radical (unpaired) electrons. The lowest BCUT2D eigenvalue weighted by Gasteiger charge is -2.24. The number of terminal acetylenes is 1. The molecule has 0 spiro atoms. The maximum atomic E-state index is 11.8. The third kappa shape index (κ3) is 3.36. The number of halogens is 1. The van der Waals surface area contributed by atoms with Gasteiger partial charge in [0.2, 0.25) is 5.91 Å². The average molecular weight is 334 g/mol. The first-order valence-electron chi connectivity index (χ1n) is 5.57. The van der Waals surface area contributed by atoms with Gasteiger partial charge in [-0.05, 0) is 0 Å². The van der Waals surface area contributed by atoms with E-state index in [0.29, 0.717) is 5.92 Å². The van der Waals surface area contributed by atoms with Crippen LogP contribution in [0.15, 0.2) is 0 Å². The number of carbonyl (C=O) groups is 1. The van der Waals surface area contributed by atoms with E-state index >= 15 is 0 Å². The Balaban J connectivity index is 2.54. The molecule has 0 aliphatic carbocycles. The SMILES string of the molecule is C#C[C@@H]1CN(I)C[C@@H]1CN(C)C(=O)C(C)C. The fourth-order valence-corrected chi connectivity index (χ4v) is 3.01. The second-order valence-electron chi connectivity index (χ2n) is 4.73. The summed E-state index contributed by atoms with van der Waals surface area (Å²) < 4.78 is 2.21. The van der Waals surface area contributed by atoms with Gasteiger partial charge in [-0.1, -0.05) is 13.8 Å². The molecular weight excluding hydrogens is 315 g/mol. The molecule has 4 heteroatoms. The fourth-order valence-electron chi connectivity index (χ4n) is 2.08. The minimum Gasteiger partial charge on any atom is -0.345 e. The predicted octanol–water partition coefficient (Wildman–Crippen LogP) is 1.63. The Kier molecular flexibility index (Phi) is 5.06. The molecule has 0 N–H and O–H groups in total. The van der Waals surface area contributed by atoms with Gasteiger partial charge in [-0.15, -0.1) is 12.3 Å². The topological polar surface area (TPSA) is 23.6 Å². The number of rotatable bonds is 3. The van der Waals surface area contributed by atoms with E-state index in [1.54, 1.807) is 0 Å². The molecule has 0 aromatic heterocycles. The molecule has 1 aliphatic heterocycles. The summed E-state index contributed by atoms with van der Waals surface area (Å²) >= 11 is 2.30. The van der Waals surface area contributed by atoms with E-state index in [1.165, 1.54) is 0 Å². The Bertz CT molecular complexity index is 298. The highest BCUT2D eigenvalue weighted by Crippen LogP contribution is 2.26. The van der Waals surface area contributed by atoms with E-state index in [9.17, 15) is 4.79 Å². The Labute approximate surface area is 112 Å². The van der Waals surface area contributed by atoms with Gasteiger partial charge in [0.15, 0.2) is 0 Å². The molecule has 1 rings (SSSR count). The van der Waals surface area contributed by atoms with Gasteiger partial charge >= 0.3 is 0 Å². The molecule has 2 atom stereocenters. The number of hydrogen-bond donors (Lipinski definition) is 0. The van der Waals surface area contributed by atoms with Crippen molar-refractivity contribution in [3.8, 4) is 12.3 Å². The molecular formula is C12H19IN2O. The second-order valence-corrected chi connectivity index (χ2v) is 6.10. The van der Waals surface area contributed by atoms with Crippen molar-refractivity contribution in [3.63, 3.8) is 0 Å². The highest BCUT2D eigenvalue weighted by molar-refractivity contribution is 14.1. The van der Waals surface area contributed by atoms with Crippen LogP contribution in [0.3, 0.4) is 0 Å². The molecule has 0 aromatic carbocycles. The van der Waals surface area contributed by atoms with Gasteiger partial charge in [-0.2, -0.15) is 0 Å². The summed E-state index contributed by atoms with van der Waals surface area (Å²) in [6, 6.07) is 0. The molecule has 0 aromatic rings. The van der Waals surface area contributed by atoms with Crippen LogP contribution in [-0.4, -0.2) is 40.6 Å². The smallest absolute Gasteiger partial charge is 0.224 e. The average Bonchev–Trinajstić information content (AvgIpc) is 2.57. The molecule has 3 nitrogen and oxygen atoms in total. The molecule has 0 saturated carbocycles. The van der Waals surface area contributed by atoms with Crippen LogP contribution in [0.1, 0.15) is 13.8 Å². The highest BCUT2D eigenvalue weighted by atomic mass is 127. The Morgan fingerprint density at radius 3 is 2.75 bits per heavy atom. The van der Waals surface area contributed by atoms with Crippen molar-refractivity contribution in [1.82, 2.24) is 8.01 Å². The molecule has 1 aliphatic rings. The van der Waals surface area contributed by atoms with E-state index < -0.39 is 0 Å². The van der Waals surface area contributed by atoms with Crippen LogP contribution in [0, 0.1) is 30.1 Å². The maximum Gasteiger partial charge on any atom is 0.224 e. The predicted molar refractivity (Wildman–Crippen MR) is 73.9 cm³/mol. The van der Waals surface area contributed by atoms with E-state index in [1.807, 2.05) is 25.8 Å². The lowest BCUT2D eigenvalue weighted by molar-refractivity contribution is -0.133. The second kappa shape index (κ2) is 5.87. The van der Waals surface area contributed by atoms with E-state index in [0.717, 1.165) is 19.6 Å². The summed E-state index contributed by atoms with van der Waals surface area (Å²) in [6.45, 7) is 6.54. The van der Waals surface area contributed by atoms with Crippen molar-refractivity contribution in [3.05, 3.63) is 0 Å². The van der Waals surface area contributed by atoms with Gasteiger partial charge in [-0.25, -0.2) is 3.11 Å². The first-order chi connectivity index (χ1) is 7.45. The molecule has 16 heavy (non-hydrogen) atoms. The summed E-state index contributed by atoms with van der Waals surface area (Å²) in [5.41, 5.74) is 0. The molecule has 0 bridgehead atoms. The molecule has 0 unspecified atom stereocenters. The van der Waals surface area contributed by atoms with E-state index in [-0.39, 0.29) is 17.7 Å². The largest absolute Gasteiger partial charge is 0.345 e. The fraction of sp³-hybridized carbons (Fsp3) is 0.750. The zero-order chi connectivity index (χ0) is 12.3. The highest BCUT2D eigenvalue weighted by Gasteiger charge is 2.32. The van der Waals surface area contributed by atoms with Gasteiger partial charge in [-0.3, -0.25) is 4.79 Å². The van der Waals surface area contributed by atoms with Crippen LogP contribution in [0.5, 0.6) is 0 Å². The minimum absolute atomic E-state index is 0.0615.